The second kappa shape index (κ2) is 9.08. The number of aromatic nitrogens is 1. The van der Waals surface area contributed by atoms with Gasteiger partial charge in [0.15, 0.2) is 9.91 Å². The second-order valence-corrected chi connectivity index (χ2v) is 6.86. The highest BCUT2D eigenvalue weighted by Gasteiger charge is 2.09. The maximum Gasteiger partial charge on any atom is 0.195 e. The Morgan fingerprint density at radius 3 is 2.83 bits per heavy atom. The molecule has 0 unspecified atom stereocenters. The van der Waals surface area contributed by atoms with Crippen molar-refractivity contribution in [2.75, 3.05) is 39.4 Å². The van der Waals surface area contributed by atoms with E-state index in [-0.39, 0.29) is 0 Å². The first-order valence-electron chi connectivity index (χ1n) is 8.12. The molecule has 1 N–H and O–H groups in total. The van der Waals surface area contributed by atoms with E-state index >= 15 is 0 Å². The standard InChI is InChI=1S/C17H22N4OS2/c23-16(18-6-7-20-8-11-22-12-9-20)19-17-21(10-13-24-17)14-15-4-2-1-3-5-15/h1-5,10,13H,6-9,11-12,14H2,(H,18,23)/b19-17-. The summed E-state index contributed by atoms with van der Waals surface area (Å²) in [5.41, 5.74) is 1.25. The first kappa shape index (κ1) is 17.3. The summed E-state index contributed by atoms with van der Waals surface area (Å²) in [6, 6.07) is 10.4. The lowest BCUT2D eigenvalue weighted by molar-refractivity contribution is 0.0389. The number of nitrogens with one attached hydrogen (secondary N) is 1. The highest BCUT2D eigenvalue weighted by molar-refractivity contribution is 7.80. The third-order valence-corrected chi connectivity index (χ3v) is 4.89. The molecule has 128 valence electrons. The summed E-state index contributed by atoms with van der Waals surface area (Å²) in [4.78, 5) is 7.85. The summed E-state index contributed by atoms with van der Waals surface area (Å²) < 4.78 is 7.47. The summed E-state index contributed by atoms with van der Waals surface area (Å²) >= 11 is 6.97. The zero-order valence-corrected chi connectivity index (χ0v) is 15.2. The van der Waals surface area contributed by atoms with Gasteiger partial charge in [0.1, 0.15) is 0 Å². The van der Waals surface area contributed by atoms with Gasteiger partial charge in [-0.1, -0.05) is 30.3 Å². The molecular weight excluding hydrogens is 340 g/mol. The van der Waals surface area contributed by atoms with Crippen LogP contribution in [0.25, 0.3) is 0 Å². The van der Waals surface area contributed by atoms with Crippen molar-refractivity contribution in [3.8, 4) is 0 Å². The first-order chi connectivity index (χ1) is 11.8. The molecule has 0 atom stereocenters. The van der Waals surface area contributed by atoms with E-state index in [1.54, 1.807) is 11.3 Å². The number of morpholine rings is 1. The van der Waals surface area contributed by atoms with Crippen LogP contribution in [0.2, 0.25) is 0 Å². The minimum absolute atomic E-state index is 0.549. The van der Waals surface area contributed by atoms with Crippen molar-refractivity contribution >= 4 is 28.7 Å². The van der Waals surface area contributed by atoms with Gasteiger partial charge in [0.05, 0.1) is 13.2 Å². The Balaban J connectivity index is 1.53. The molecule has 5 nitrogen and oxygen atoms in total. The van der Waals surface area contributed by atoms with Gasteiger partial charge in [-0.3, -0.25) is 4.90 Å². The van der Waals surface area contributed by atoms with E-state index in [1.165, 1.54) is 5.56 Å². The number of nitrogens with zero attached hydrogens (tertiary/aromatic N) is 3. The molecule has 0 bridgehead atoms. The fraction of sp³-hybridized carbons (Fsp3) is 0.412. The number of ether oxygens (including phenoxy) is 1. The van der Waals surface area contributed by atoms with Gasteiger partial charge in [-0.15, -0.1) is 11.3 Å². The van der Waals surface area contributed by atoms with Crippen LogP contribution in [0.4, 0.5) is 0 Å². The summed E-state index contributed by atoms with van der Waals surface area (Å²) in [6.07, 6.45) is 2.05. The number of thiazole rings is 1. The fourth-order valence-corrected chi connectivity index (χ4v) is 3.54. The number of hydrogen-bond donors (Lipinski definition) is 1. The molecule has 2 aromatic rings. The molecular formula is C17H22N4OS2. The van der Waals surface area contributed by atoms with Crippen LogP contribution in [0.3, 0.4) is 0 Å². The van der Waals surface area contributed by atoms with Gasteiger partial charge in [0, 0.05) is 44.3 Å². The van der Waals surface area contributed by atoms with Crippen LogP contribution in [-0.4, -0.2) is 54.0 Å². The van der Waals surface area contributed by atoms with Gasteiger partial charge in [-0.2, -0.15) is 4.99 Å². The molecule has 7 heteroatoms. The summed E-state index contributed by atoms with van der Waals surface area (Å²) in [5.74, 6) is 0. The van der Waals surface area contributed by atoms with Gasteiger partial charge in [-0.05, 0) is 17.8 Å². The number of rotatable bonds is 5. The van der Waals surface area contributed by atoms with E-state index in [0.717, 1.165) is 50.7 Å². The maximum atomic E-state index is 5.37. The normalized spacial score (nSPS) is 16.2. The molecule has 0 spiro atoms. The molecule has 2 heterocycles. The third kappa shape index (κ3) is 5.24. The van der Waals surface area contributed by atoms with Crippen LogP contribution < -0.4 is 10.1 Å². The lowest BCUT2D eigenvalue weighted by Gasteiger charge is -2.26. The second-order valence-electron chi connectivity index (χ2n) is 5.60. The van der Waals surface area contributed by atoms with E-state index < -0.39 is 0 Å². The Kier molecular flexibility index (Phi) is 6.54. The SMILES string of the molecule is S=C(/N=c1\sccn1Cc1ccccc1)NCCN1CCOCC1. The van der Waals surface area contributed by atoms with Crippen LogP contribution in [0, 0.1) is 0 Å². The van der Waals surface area contributed by atoms with Gasteiger partial charge >= 0.3 is 0 Å². The molecule has 0 radical (unpaired) electrons. The maximum absolute atomic E-state index is 5.37. The lowest BCUT2D eigenvalue weighted by Crippen LogP contribution is -2.41. The van der Waals surface area contributed by atoms with E-state index in [9.17, 15) is 0 Å². The predicted octanol–water partition coefficient (Wildman–Crippen LogP) is 1.71. The van der Waals surface area contributed by atoms with Crippen molar-refractivity contribution in [1.29, 1.82) is 0 Å². The lowest BCUT2D eigenvalue weighted by atomic mass is 10.2. The molecule has 1 aliphatic rings. The van der Waals surface area contributed by atoms with Crippen molar-refractivity contribution < 1.29 is 4.74 Å². The van der Waals surface area contributed by atoms with Crippen LogP contribution in [-0.2, 0) is 11.3 Å². The van der Waals surface area contributed by atoms with Crippen LogP contribution in [0.5, 0.6) is 0 Å². The quantitative estimate of drug-likeness (QED) is 0.822. The summed E-state index contributed by atoms with van der Waals surface area (Å²) in [5, 5.41) is 5.82. The molecule has 1 aliphatic heterocycles. The van der Waals surface area contributed by atoms with Crippen LogP contribution >= 0.6 is 23.6 Å². The smallest absolute Gasteiger partial charge is 0.195 e. The number of hydrogen-bond acceptors (Lipinski definition) is 4. The Hall–Kier alpha value is -1.54. The van der Waals surface area contributed by atoms with Crippen molar-refractivity contribution in [3.63, 3.8) is 0 Å². The van der Waals surface area contributed by atoms with E-state index in [1.807, 2.05) is 17.6 Å². The monoisotopic (exact) mass is 362 g/mol. The summed E-state index contributed by atoms with van der Waals surface area (Å²) in [6.45, 7) is 6.22. The van der Waals surface area contributed by atoms with E-state index in [4.69, 9.17) is 17.0 Å². The minimum atomic E-state index is 0.549. The average Bonchev–Trinajstić information content (AvgIpc) is 3.03. The van der Waals surface area contributed by atoms with Crippen LogP contribution in [0.15, 0.2) is 46.9 Å². The third-order valence-electron chi connectivity index (χ3n) is 3.86. The van der Waals surface area contributed by atoms with Crippen molar-refractivity contribution in [2.24, 2.45) is 4.99 Å². The molecule has 1 fully saturated rings. The Morgan fingerprint density at radius 2 is 2.04 bits per heavy atom. The highest BCUT2D eigenvalue weighted by Crippen LogP contribution is 2.02. The molecule has 1 aromatic carbocycles. The predicted molar refractivity (Wildman–Crippen MR) is 101 cm³/mol. The van der Waals surface area contributed by atoms with Crippen molar-refractivity contribution in [3.05, 3.63) is 52.3 Å². The number of benzene rings is 1. The molecule has 0 aliphatic carbocycles. The largest absolute Gasteiger partial charge is 0.379 e. The van der Waals surface area contributed by atoms with E-state index in [0.29, 0.717) is 5.11 Å². The Bertz CT molecular complexity index is 705. The molecule has 0 amide bonds. The fourth-order valence-electron chi connectivity index (χ4n) is 2.56. The van der Waals surface area contributed by atoms with E-state index in [2.05, 4.69) is 44.0 Å². The topological polar surface area (TPSA) is 41.8 Å². The zero-order valence-electron chi connectivity index (χ0n) is 13.6. The zero-order chi connectivity index (χ0) is 16.6. The minimum Gasteiger partial charge on any atom is -0.379 e. The van der Waals surface area contributed by atoms with Gasteiger partial charge in [-0.25, -0.2) is 0 Å². The van der Waals surface area contributed by atoms with Gasteiger partial charge in [0.2, 0.25) is 0 Å². The van der Waals surface area contributed by atoms with Gasteiger partial charge < -0.3 is 14.6 Å². The molecule has 24 heavy (non-hydrogen) atoms. The molecule has 1 aromatic heterocycles. The number of thiocarbonyl (C=S) groups is 1. The first-order valence-corrected chi connectivity index (χ1v) is 9.40. The molecule has 1 saturated heterocycles. The highest BCUT2D eigenvalue weighted by atomic mass is 32.1. The van der Waals surface area contributed by atoms with Crippen LogP contribution in [0.1, 0.15) is 5.56 Å². The van der Waals surface area contributed by atoms with Crippen molar-refractivity contribution in [2.45, 2.75) is 6.54 Å². The summed E-state index contributed by atoms with van der Waals surface area (Å²) in [7, 11) is 0. The molecule has 3 rings (SSSR count). The Labute approximate surface area is 151 Å². The average molecular weight is 363 g/mol. The molecule has 0 saturated carbocycles. The Morgan fingerprint density at radius 1 is 1.25 bits per heavy atom. The van der Waals surface area contributed by atoms with Crippen molar-refractivity contribution in [1.82, 2.24) is 14.8 Å². The van der Waals surface area contributed by atoms with Gasteiger partial charge in [0.25, 0.3) is 0 Å².